The Balaban J connectivity index is 0.000000115. The molecule has 19 nitrogen and oxygen atoms in total. The third-order valence-corrected chi connectivity index (χ3v) is 26.8. The van der Waals surface area contributed by atoms with Gasteiger partial charge in [0, 0.05) is 57.4 Å². The summed E-state index contributed by atoms with van der Waals surface area (Å²) in [5.41, 5.74) is 45.3. The number of thiophene rings is 3. The number of fused-ring (bicyclic) bond motifs is 4. The third-order valence-electron chi connectivity index (χ3n) is 21.5. The molecule has 0 saturated heterocycles. The van der Waals surface area contributed by atoms with Gasteiger partial charge in [0.1, 0.15) is 11.5 Å². The summed E-state index contributed by atoms with van der Waals surface area (Å²) in [6, 6.07) is 71.5. The molecule has 13 heterocycles. The fourth-order valence-corrected chi connectivity index (χ4v) is 19.7. The topological polar surface area (TPSA) is 297 Å². The molecule has 0 radical (unpaired) electrons. The zero-order valence-corrected chi connectivity index (χ0v) is 73.7. The molecule has 618 valence electrons. The number of halogens is 4. The molecular weight excluding hydrogens is 1740 g/mol. The van der Waals surface area contributed by atoms with Crippen molar-refractivity contribution in [3.8, 4) is 106 Å². The zero-order chi connectivity index (χ0) is 87.1. The number of nitriles is 1. The Morgan fingerprint density at radius 1 is 0.472 bits per heavy atom. The Hall–Kier alpha value is -13.4. The maximum atomic E-state index is 9.68. The van der Waals surface area contributed by atoms with E-state index in [2.05, 4.69) is 137 Å². The molecule has 20 rings (SSSR count). The molecule has 7 atom stereocenters. The second-order valence-electron chi connectivity index (χ2n) is 28.5. The van der Waals surface area contributed by atoms with Crippen LogP contribution >= 0.6 is 104 Å². The molecule has 0 amide bonds. The Labute approximate surface area is 762 Å². The molecular formula is C97H72Cl4N14O5S5. The number of benzene rings is 7. The molecule has 13 aromatic rings. The minimum absolute atomic E-state index is 0.0690. The molecule has 0 aliphatic carbocycles. The highest BCUT2D eigenvalue weighted by Crippen LogP contribution is 2.52. The van der Waals surface area contributed by atoms with Gasteiger partial charge in [-0.1, -0.05) is 197 Å². The van der Waals surface area contributed by atoms with E-state index in [1.165, 1.54) is 9.79 Å². The number of aromatic nitrogens is 6. The van der Waals surface area contributed by atoms with Gasteiger partial charge < -0.3 is 46.6 Å². The number of nitrogens with zero attached hydrogens (tertiary/aromatic N) is 6. The standard InChI is InChI=1S/C21H16ClN3OS.C21H17N3OS.C19H13ClN2OS.C18H14ClN3OS.C18H12ClN3OS/c1-3-14-17(12-8-10-13(27-2)11-9-12)18-19(15-6-4-5-7-16(15)22)24-25-21(18)26-20(14)23;1-3-16-17(13-9-11-15(26-2)12-10-13)18-19(14-7-5-4-6-8-14)23-24-21(18)25-20(16)22;1-11-14(9-21)17(16-3-2-8-24-16)18-15(23-11)10-22-19(18)12-4-6-13(20)7-5-12;1-2-12-14(10-5-3-6-11(19)9-10)15-16(13-7-4-8-24-13)21-22-18(15)23-17(12)20;1-2-12-14(10-5-7-11(19)8-6-10)15-16(13-4-3-9-24-13)21-22-18(15)23-17(12)20/h1,4-11,17H,23H2,2H3,(H,24,25);1,4-12,17H,22H2,2H3,(H,23,24);2-8,17H,10H2,1H3;1,3-9,14-15,18,22H,20H2;1,3-9,14H,20H2,(H,21,22). The summed E-state index contributed by atoms with van der Waals surface area (Å²) in [5, 5.41) is 45.0. The summed E-state index contributed by atoms with van der Waals surface area (Å²) >= 11 is 32.9. The van der Waals surface area contributed by atoms with Crippen LogP contribution in [0, 0.1) is 66.6 Å². The van der Waals surface area contributed by atoms with Crippen LogP contribution in [-0.2, 0) is 9.47 Å². The minimum atomic E-state index is -0.344. The number of nitrogens with one attached hydrogen (secondary N) is 4. The summed E-state index contributed by atoms with van der Waals surface area (Å²) in [5.74, 6) is 13.5. The number of rotatable bonds is 12. The van der Waals surface area contributed by atoms with Crippen molar-refractivity contribution in [3.05, 3.63) is 371 Å². The average Bonchev–Trinajstić information content (AvgIpc) is 1.67. The molecule has 0 spiro atoms. The van der Waals surface area contributed by atoms with Crippen LogP contribution in [0.15, 0.2) is 317 Å². The number of thioether (sulfide) groups is 2. The summed E-state index contributed by atoms with van der Waals surface area (Å²) in [6.07, 6.45) is 26.8. The van der Waals surface area contributed by atoms with Crippen LogP contribution in [0.5, 0.6) is 17.6 Å². The van der Waals surface area contributed by atoms with Gasteiger partial charge in [-0.05, 0) is 148 Å². The number of terminal acetylenes is 4. The maximum absolute atomic E-state index is 9.68. The van der Waals surface area contributed by atoms with E-state index < -0.39 is 0 Å². The highest BCUT2D eigenvalue weighted by atomic mass is 35.5. The maximum Gasteiger partial charge on any atom is 0.244 e. The van der Waals surface area contributed by atoms with Crippen LogP contribution in [-0.4, -0.2) is 67.3 Å². The van der Waals surface area contributed by atoms with Crippen molar-refractivity contribution in [3.63, 3.8) is 0 Å². The van der Waals surface area contributed by atoms with Gasteiger partial charge in [0.15, 0.2) is 12.1 Å². The number of allylic oxidation sites excluding steroid dienone is 7. The van der Waals surface area contributed by atoms with Crippen LogP contribution < -0.4 is 42.6 Å². The van der Waals surface area contributed by atoms with Crippen LogP contribution in [0.1, 0.15) is 90.8 Å². The lowest BCUT2D eigenvalue weighted by Gasteiger charge is -2.34. The second-order valence-corrected chi connectivity index (χ2v) is 34.9. The lowest BCUT2D eigenvalue weighted by atomic mass is 9.76. The predicted octanol–water partition coefficient (Wildman–Crippen LogP) is 21.4. The number of hydrazone groups is 1. The molecule has 12 N–H and O–H groups in total. The largest absolute Gasteiger partial charge is 0.463 e. The van der Waals surface area contributed by atoms with E-state index in [4.69, 9.17) is 119 Å². The van der Waals surface area contributed by atoms with Gasteiger partial charge in [0.2, 0.25) is 35.3 Å². The zero-order valence-electron chi connectivity index (χ0n) is 66.6. The first-order chi connectivity index (χ1) is 60.9. The lowest BCUT2D eigenvalue weighted by molar-refractivity contribution is 0.0457. The molecule has 0 saturated carbocycles. The van der Waals surface area contributed by atoms with Crippen LogP contribution in [0.3, 0.4) is 0 Å². The van der Waals surface area contributed by atoms with Gasteiger partial charge in [-0.15, -0.1) is 98.5 Å². The molecule has 7 unspecified atom stereocenters. The van der Waals surface area contributed by atoms with Gasteiger partial charge in [-0.2, -0.15) is 10.4 Å². The third kappa shape index (κ3) is 17.2. The summed E-state index contributed by atoms with van der Waals surface area (Å²) in [7, 11) is 0. The van der Waals surface area contributed by atoms with E-state index >= 15 is 0 Å². The normalized spacial score (nSPS) is 18.5. The number of hydrogen-bond acceptors (Lipinski definition) is 21. The molecule has 7 aliphatic rings. The second kappa shape index (κ2) is 37.8. The fourth-order valence-electron chi connectivity index (χ4n) is 15.8. The minimum Gasteiger partial charge on any atom is -0.463 e. The lowest BCUT2D eigenvalue weighted by Crippen LogP contribution is -2.42. The monoisotopic (exact) mass is 1810 g/mol. The average molecular weight is 1820 g/mol. The summed E-state index contributed by atoms with van der Waals surface area (Å²) in [4.78, 5) is 10.3. The van der Waals surface area contributed by atoms with E-state index in [1.54, 1.807) is 57.5 Å². The number of hydrogen-bond donors (Lipinski definition) is 8. The van der Waals surface area contributed by atoms with Crippen molar-refractivity contribution in [2.45, 2.75) is 52.5 Å². The summed E-state index contributed by atoms with van der Waals surface area (Å²) in [6.45, 7) is 2.36. The van der Waals surface area contributed by atoms with Crippen LogP contribution in [0.4, 0.5) is 0 Å². The highest BCUT2D eigenvalue weighted by Gasteiger charge is 2.48. The fraction of sp³-hybridized carbons (Fsp3) is 0.113. The molecule has 0 fully saturated rings. The number of nitrogens with two attached hydrogens (primary N) is 4. The molecule has 125 heavy (non-hydrogen) atoms. The van der Waals surface area contributed by atoms with Gasteiger partial charge >= 0.3 is 0 Å². The molecule has 7 aromatic carbocycles. The Bertz CT molecular complexity index is 6760. The molecule has 28 heteroatoms. The van der Waals surface area contributed by atoms with Crippen molar-refractivity contribution < 1.29 is 23.7 Å². The smallest absolute Gasteiger partial charge is 0.244 e. The molecule has 6 aromatic heterocycles. The van der Waals surface area contributed by atoms with E-state index in [9.17, 15) is 5.26 Å². The molecule has 0 bridgehead atoms. The van der Waals surface area contributed by atoms with Crippen LogP contribution in [0.25, 0.3) is 33.1 Å². The van der Waals surface area contributed by atoms with Crippen molar-refractivity contribution in [2.24, 2.45) is 38.9 Å². The van der Waals surface area contributed by atoms with Gasteiger partial charge in [-0.25, -0.2) is 0 Å². The Morgan fingerprint density at radius 2 is 0.976 bits per heavy atom. The van der Waals surface area contributed by atoms with Crippen molar-refractivity contribution in [1.82, 2.24) is 36.0 Å². The number of aromatic amines is 3. The quantitative estimate of drug-likeness (QED) is 0.0416. The Morgan fingerprint density at radius 3 is 1.50 bits per heavy atom. The SMILES string of the molecule is C#CC1=C(N)OC2NN=C(c3cccs3)C2C1c1cccc(Cl)c1.C#CC1=C(N)Oc2n[nH]c(-c3ccccc3)c2C1c1ccc(SC)cc1.C#CC1=C(N)Oc2n[nH]c(-c3ccccc3Cl)c2C1c1ccc(SC)cc1.C#CC1=C(N)Oc2n[nH]c(-c3cccs3)c2C1c1ccc(Cl)cc1.CC1=C(C#N)C(c2cccs2)C2=C(CN=C2c2ccc(Cl)cc2)O1. The van der Waals surface area contributed by atoms with Crippen molar-refractivity contribution in [1.29, 1.82) is 5.26 Å². The molecule has 7 aliphatic heterocycles. The van der Waals surface area contributed by atoms with E-state index in [0.717, 1.165) is 110 Å². The van der Waals surface area contributed by atoms with Crippen molar-refractivity contribution >= 4 is 115 Å². The highest BCUT2D eigenvalue weighted by molar-refractivity contribution is 7.98. The van der Waals surface area contributed by atoms with E-state index in [0.29, 0.717) is 77.9 Å². The van der Waals surface area contributed by atoms with Gasteiger partial charge in [0.25, 0.3) is 0 Å². The van der Waals surface area contributed by atoms with E-state index in [1.807, 2.05) is 187 Å². The number of H-pyrrole nitrogens is 3. The van der Waals surface area contributed by atoms with E-state index in [-0.39, 0.29) is 65.3 Å². The van der Waals surface area contributed by atoms with Crippen molar-refractivity contribution in [2.75, 3.05) is 19.1 Å². The first-order valence-electron chi connectivity index (χ1n) is 38.6. The number of ether oxygens (including phenoxy) is 5. The Kier molecular flexibility index (Phi) is 25.8. The summed E-state index contributed by atoms with van der Waals surface area (Å²) < 4.78 is 28.7. The number of aliphatic imine (C=N–C) groups is 1. The van der Waals surface area contributed by atoms with Crippen LogP contribution in [0.2, 0.25) is 20.1 Å². The van der Waals surface area contributed by atoms with Gasteiger partial charge in [-0.3, -0.25) is 25.7 Å². The first-order valence-corrected chi connectivity index (χ1v) is 45.2. The first kappa shape index (κ1) is 85.2. The predicted molar refractivity (Wildman–Crippen MR) is 503 cm³/mol. The van der Waals surface area contributed by atoms with Gasteiger partial charge in [0.05, 0.1) is 125 Å².